The van der Waals surface area contributed by atoms with Crippen LogP contribution >= 0.6 is 11.6 Å². The summed E-state index contributed by atoms with van der Waals surface area (Å²) in [7, 11) is -4.06. The number of hydrogen-bond acceptors (Lipinski definition) is 4. The molecule has 0 saturated carbocycles. The zero-order chi connectivity index (χ0) is 26.3. The average molecular weight is 528 g/mol. The van der Waals surface area contributed by atoms with Crippen LogP contribution in [0, 0.1) is 0 Å². The molecule has 0 bridgehead atoms. The second-order valence-corrected chi connectivity index (χ2v) is 10.9. The molecule has 1 unspecified atom stereocenters. The normalized spacial score (nSPS) is 12.1. The molecule has 36 heavy (non-hydrogen) atoms. The number of sulfonamides is 1. The van der Waals surface area contributed by atoms with Crippen LogP contribution in [0.5, 0.6) is 0 Å². The van der Waals surface area contributed by atoms with Crippen molar-refractivity contribution >= 4 is 39.1 Å². The minimum atomic E-state index is -4.06. The first-order chi connectivity index (χ1) is 17.1. The Hall–Kier alpha value is -3.36. The number of carbonyl (C=O) groups excluding carboxylic acids is 2. The van der Waals surface area contributed by atoms with Gasteiger partial charge in [0.2, 0.25) is 11.8 Å². The molecule has 0 spiro atoms. The van der Waals surface area contributed by atoms with Gasteiger partial charge in [-0.2, -0.15) is 0 Å². The van der Waals surface area contributed by atoms with Gasteiger partial charge in [-0.15, -0.1) is 0 Å². The van der Waals surface area contributed by atoms with Crippen LogP contribution in [0.3, 0.4) is 0 Å². The second-order valence-electron chi connectivity index (χ2n) is 8.65. The monoisotopic (exact) mass is 527 g/mol. The highest BCUT2D eigenvalue weighted by molar-refractivity contribution is 7.92. The second kappa shape index (κ2) is 12.1. The van der Waals surface area contributed by atoms with Gasteiger partial charge in [-0.25, -0.2) is 8.42 Å². The number of nitrogens with one attached hydrogen (secondary N) is 1. The predicted octanol–water partition coefficient (Wildman–Crippen LogP) is 4.48. The van der Waals surface area contributed by atoms with Gasteiger partial charge in [0, 0.05) is 17.6 Å². The van der Waals surface area contributed by atoms with E-state index in [4.69, 9.17) is 11.6 Å². The van der Waals surface area contributed by atoms with E-state index in [0.29, 0.717) is 10.7 Å². The van der Waals surface area contributed by atoms with Crippen LogP contribution in [-0.2, 0) is 26.2 Å². The van der Waals surface area contributed by atoms with E-state index >= 15 is 0 Å². The van der Waals surface area contributed by atoms with Crippen molar-refractivity contribution in [2.45, 2.75) is 44.3 Å². The van der Waals surface area contributed by atoms with Crippen molar-refractivity contribution in [1.82, 2.24) is 10.2 Å². The van der Waals surface area contributed by atoms with Crippen LogP contribution in [0.1, 0.15) is 26.3 Å². The zero-order valence-corrected chi connectivity index (χ0v) is 22.0. The molecule has 190 valence electrons. The lowest BCUT2D eigenvalue weighted by Crippen LogP contribution is -2.52. The molecule has 9 heteroatoms. The highest BCUT2D eigenvalue weighted by atomic mass is 35.5. The Morgan fingerprint density at radius 2 is 1.50 bits per heavy atom. The number of nitrogens with zero attached hydrogens (tertiary/aromatic N) is 2. The van der Waals surface area contributed by atoms with Crippen LogP contribution in [0.4, 0.5) is 5.69 Å². The third kappa shape index (κ3) is 6.86. The first kappa shape index (κ1) is 27.2. The Morgan fingerprint density at radius 3 is 2.08 bits per heavy atom. The summed E-state index contributed by atoms with van der Waals surface area (Å²) in [5, 5.41) is 3.32. The van der Waals surface area contributed by atoms with Gasteiger partial charge >= 0.3 is 0 Å². The molecule has 3 rings (SSSR count). The summed E-state index contributed by atoms with van der Waals surface area (Å²) < 4.78 is 28.3. The fourth-order valence-corrected chi connectivity index (χ4v) is 5.31. The summed E-state index contributed by atoms with van der Waals surface area (Å²) >= 11 is 6.14. The number of halogens is 1. The standard InChI is InChI=1S/C27H30ClN3O4S/c1-20(2)29-27(33)21(3)30(18-22-11-10-12-23(28)17-22)26(32)19-31(24-13-6-4-7-14-24)36(34,35)25-15-8-5-9-16-25/h4-17,20-21H,18-19H2,1-3H3,(H,29,33). The number of para-hydroxylation sites is 1. The van der Waals surface area contributed by atoms with E-state index in [-0.39, 0.29) is 23.4 Å². The molecular weight excluding hydrogens is 498 g/mol. The highest BCUT2D eigenvalue weighted by Crippen LogP contribution is 2.24. The fourth-order valence-electron chi connectivity index (χ4n) is 3.66. The third-order valence-corrected chi connectivity index (χ3v) is 7.52. The summed E-state index contributed by atoms with van der Waals surface area (Å²) in [5.41, 5.74) is 1.06. The topological polar surface area (TPSA) is 86.8 Å². The van der Waals surface area contributed by atoms with Crippen molar-refractivity contribution in [3.63, 3.8) is 0 Å². The average Bonchev–Trinajstić information content (AvgIpc) is 2.86. The van der Waals surface area contributed by atoms with Gasteiger partial charge in [0.25, 0.3) is 10.0 Å². The Labute approximate surface area is 217 Å². The molecule has 2 amide bonds. The lowest BCUT2D eigenvalue weighted by Gasteiger charge is -2.32. The Kier molecular flexibility index (Phi) is 9.12. The smallest absolute Gasteiger partial charge is 0.264 e. The lowest BCUT2D eigenvalue weighted by molar-refractivity contribution is -0.139. The number of rotatable bonds is 10. The van der Waals surface area contributed by atoms with E-state index in [9.17, 15) is 18.0 Å². The molecule has 0 aliphatic rings. The molecular formula is C27H30ClN3O4S. The highest BCUT2D eigenvalue weighted by Gasteiger charge is 2.32. The Balaban J connectivity index is 1.99. The van der Waals surface area contributed by atoms with Gasteiger partial charge in [-0.3, -0.25) is 13.9 Å². The number of hydrogen-bond donors (Lipinski definition) is 1. The van der Waals surface area contributed by atoms with Crippen LogP contribution in [0.25, 0.3) is 0 Å². The fraction of sp³-hybridized carbons (Fsp3) is 0.259. The van der Waals surface area contributed by atoms with Crippen molar-refractivity contribution in [3.05, 3.63) is 95.5 Å². The van der Waals surface area contributed by atoms with Crippen molar-refractivity contribution in [3.8, 4) is 0 Å². The third-order valence-electron chi connectivity index (χ3n) is 5.49. The maximum absolute atomic E-state index is 13.7. The van der Waals surface area contributed by atoms with E-state index in [0.717, 1.165) is 9.87 Å². The number of benzene rings is 3. The van der Waals surface area contributed by atoms with Crippen molar-refractivity contribution in [2.24, 2.45) is 0 Å². The van der Waals surface area contributed by atoms with Gasteiger partial charge in [0.1, 0.15) is 12.6 Å². The molecule has 3 aromatic carbocycles. The molecule has 1 N–H and O–H groups in total. The van der Waals surface area contributed by atoms with Crippen molar-refractivity contribution in [1.29, 1.82) is 0 Å². The zero-order valence-electron chi connectivity index (χ0n) is 20.5. The first-order valence-electron chi connectivity index (χ1n) is 11.6. The maximum Gasteiger partial charge on any atom is 0.264 e. The summed E-state index contributed by atoms with van der Waals surface area (Å²) in [5.74, 6) is -0.859. The van der Waals surface area contributed by atoms with Gasteiger partial charge in [-0.1, -0.05) is 60.1 Å². The summed E-state index contributed by atoms with van der Waals surface area (Å²) in [6.45, 7) is 4.88. The number of anilines is 1. The van der Waals surface area contributed by atoms with E-state index in [1.54, 1.807) is 79.7 Å². The van der Waals surface area contributed by atoms with Crippen LogP contribution in [-0.4, -0.2) is 43.8 Å². The molecule has 0 aliphatic carbocycles. The summed E-state index contributed by atoms with van der Waals surface area (Å²) in [6.07, 6.45) is 0. The van der Waals surface area contributed by atoms with Gasteiger partial charge in [-0.05, 0) is 62.7 Å². The lowest BCUT2D eigenvalue weighted by atomic mass is 10.1. The van der Waals surface area contributed by atoms with Crippen LogP contribution < -0.4 is 9.62 Å². The van der Waals surface area contributed by atoms with Crippen LogP contribution in [0.2, 0.25) is 5.02 Å². The van der Waals surface area contributed by atoms with E-state index in [1.165, 1.54) is 17.0 Å². The molecule has 3 aromatic rings. The molecule has 0 aliphatic heterocycles. The van der Waals surface area contributed by atoms with E-state index in [2.05, 4.69) is 5.32 Å². The van der Waals surface area contributed by atoms with Crippen molar-refractivity contribution in [2.75, 3.05) is 10.8 Å². The first-order valence-corrected chi connectivity index (χ1v) is 13.4. The van der Waals surface area contributed by atoms with Crippen molar-refractivity contribution < 1.29 is 18.0 Å². The van der Waals surface area contributed by atoms with E-state index in [1.807, 2.05) is 13.8 Å². The quantitative estimate of drug-likeness (QED) is 0.421. The Morgan fingerprint density at radius 1 is 0.889 bits per heavy atom. The van der Waals surface area contributed by atoms with Gasteiger partial charge in [0.05, 0.1) is 10.6 Å². The molecule has 7 nitrogen and oxygen atoms in total. The Bertz CT molecular complexity index is 1280. The SMILES string of the molecule is CC(C)NC(=O)C(C)N(Cc1cccc(Cl)c1)C(=O)CN(c1ccccc1)S(=O)(=O)c1ccccc1. The summed E-state index contributed by atoms with van der Waals surface area (Å²) in [4.78, 5) is 28.0. The maximum atomic E-state index is 13.7. The molecule has 0 radical (unpaired) electrons. The predicted molar refractivity (Wildman–Crippen MR) is 142 cm³/mol. The molecule has 0 fully saturated rings. The number of amides is 2. The molecule has 1 atom stereocenters. The van der Waals surface area contributed by atoms with Crippen LogP contribution in [0.15, 0.2) is 89.8 Å². The van der Waals surface area contributed by atoms with Gasteiger partial charge in [0.15, 0.2) is 0 Å². The molecule has 0 aromatic heterocycles. The largest absolute Gasteiger partial charge is 0.352 e. The summed E-state index contributed by atoms with van der Waals surface area (Å²) in [6, 6.07) is 22.4. The molecule has 0 heterocycles. The van der Waals surface area contributed by atoms with E-state index < -0.39 is 28.5 Å². The van der Waals surface area contributed by atoms with Gasteiger partial charge < -0.3 is 10.2 Å². The minimum absolute atomic E-state index is 0.0636. The minimum Gasteiger partial charge on any atom is -0.352 e. The number of carbonyl (C=O) groups is 2. The molecule has 0 saturated heterocycles.